The minimum Gasteiger partial charge on any atom is -0.351 e. The van der Waals surface area contributed by atoms with E-state index in [0.717, 1.165) is 21.1 Å². The number of amides is 1. The van der Waals surface area contributed by atoms with Gasteiger partial charge in [0.15, 0.2) is 5.16 Å². The van der Waals surface area contributed by atoms with E-state index in [1.165, 1.54) is 17.8 Å². The van der Waals surface area contributed by atoms with Crippen LogP contribution >= 0.6 is 23.1 Å². The second-order valence-corrected chi connectivity index (χ2v) is 8.67. The lowest BCUT2D eigenvalue weighted by atomic mass is 10.2. The first-order valence-corrected chi connectivity index (χ1v) is 10.7. The topological polar surface area (TPSA) is 89.8 Å². The van der Waals surface area contributed by atoms with Gasteiger partial charge in [-0.15, -0.1) is 11.3 Å². The molecule has 0 aliphatic carbocycles. The molecule has 7 nitrogen and oxygen atoms in total. The fourth-order valence-corrected chi connectivity index (χ4v) is 5.27. The fraction of sp³-hybridized carbons (Fsp3) is 0.316. The van der Waals surface area contributed by atoms with Gasteiger partial charge >= 0.3 is 0 Å². The van der Waals surface area contributed by atoms with E-state index in [0.29, 0.717) is 23.1 Å². The summed E-state index contributed by atoms with van der Waals surface area (Å²) in [4.78, 5) is 38.8. The largest absolute Gasteiger partial charge is 0.351 e. The molecule has 1 unspecified atom stereocenters. The predicted molar refractivity (Wildman–Crippen MR) is 110 cm³/mol. The number of aromatic nitrogens is 4. The van der Waals surface area contributed by atoms with Crippen molar-refractivity contribution in [2.75, 3.05) is 5.75 Å². The van der Waals surface area contributed by atoms with Crippen molar-refractivity contribution in [1.82, 2.24) is 24.8 Å². The van der Waals surface area contributed by atoms with Crippen molar-refractivity contribution in [3.8, 4) is 10.6 Å². The zero-order chi connectivity index (χ0) is 19.7. The Hall–Kier alpha value is -2.52. The van der Waals surface area contributed by atoms with Crippen LogP contribution in [0.3, 0.4) is 0 Å². The van der Waals surface area contributed by atoms with Crippen molar-refractivity contribution in [3.05, 3.63) is 57.2 Å². The molecule has 1 N–H and O–H groups in total. The summed E-state index contributed by atoms with van der Waals surface area (Å²) in [6.07, 6.45) is 3.77. The average molecular weight is 414 g/mol. The zero-order valence-electron chi connectivity index (χ0n) is 15.5. The van der Waals surface area contributed by atoms with Crippen molar-refractivity contribution in [1.29, 1.82) is 0 Å². The summed E-state index contributed by atoms with van der Waals surface area (Å²) >= 11 is 3.08. The highest BCUT2D eigenvalue weighted by Gasteiger charge is 2.27. The van der Waals surface area contributed by atoms with E-state index in [1.807, 2.05) is 19.1 Å². The Morgan fingerprint density at radius 1 is 1.36 bits per heavy atom. The van der Waals surface area contributed by atoms with Crippen LogP contribution in [-0.2, 0) is 11.3 Å². The Morgan fingerprint density at radius 3 is 3.00 bits per heavy atom. The third-order valence-electron chi connectivity index (χ3n) is 4.49. The second kappa shape index (κ2) is 7.84. The van der Waals surface area contributed by atoms with Crippen molar-refractivity contribution in [3.63, 3.8) is 0 Å². The van der Waals surface area contributed by atoms with E-state index >= 15 is 0 Å². The van der Waals surface area contributed by atoms with E-state index < -0.39 is 0 Å². The molecule has 28 heavy (non-hydrogen) atoms. The highest BCUT2D eigenvalue weighted by Crippen LogP contribution is 2.32. The molecule has 1 aliphatic heterocycles. The number of nitrogens with one attached hydrogen (secondary N) is 1. The van der Waals surface area contributed by atoms with E-state index in [2.05, 4.69) is 20.3 Å². The average Bonchev–Trinajstić information content (AvgIpc) is 3.24. The summed E-state index contributed by atoms with van der Waals surface area (Å²) in [5.74, 6) is 0.603. The highest BCUT2D eigenvalue weighted by molar-refractivity contribution is 7.99. The molecule has 3 aromatic rings. The lowest BCUT2D eigenvalue weighted by Gasteiger charge is -2.13. The SMILES string of the molecule is Cc1cc(=O)n2c(n1)SCC2CC(=O)NCc1sc(-c2cccnc2)nc1C. The molecule has 0 saturated heterocycles. The summed E-state index contributed by atoms with van der Waals surface area (Å²) in [6, 6.07) is 5.20. The number of fused-ring (bicyclic) bond motifs is 1. The van der Waals surface area contributed by atoms with Crippen LogP contribution in [0.1, 0.15) is 28.7 Å². The van der Waals surface area contributed by atoms with Gasteiger partial charge in [-0.2, -0.15) is 0 Å². The Balaban J connectivity index is 1.40. The Kier molecular flexibility index (Phi) is 5.27. The summed E-state index contributed by atoms with van der Waals surface area (Å²) in [6.45, 7) is 4.17. The minimum atomic E-state index is -0.158. The van der Waals surface area contributed by atoms with Crippen LogP contribution in [0.2, 0.25) is 0 Å². The number of rotatable bonds is 5. The number of nitrogens with zero attached hydrogens (tertiary/aromatic N) is 4. The number of thioether (sulfide) groups is 1. The molecule has 1 atom stereocenters. The van der Waals surface area contributed by atoms with Gasteiger partial charge in [0.2, 0.25) is 5.91 Å². The second-order valence-electron chi connectivity index (χ2n) is 6.60. The number of carbonyl (C=O) groups excluding carboxylic acids is 1. The van der Waals surface area contributed by atoms with Crippen molar-refractivity contribution < 1.29 is 4.79 Å². The van der Waals surface area contributed by atoms with Gasteiger partial charge < -0.3 is 5.32 Å². The van der Waals surface area contributed by atoms with Gasteiger partial charge in [-0.05, 0) is 26.0 Å². The standard InChI is InChI=1S/C19H19N5O2S2/c1-11-6-17(26)24-14(10-27-19(24)22-11)7-16(25)21-9-15-12(2)23-18(28-15)13-4-3-5-20-8-13/h3-6,8,14H,7,9-10H2,1-2H3,(H,21,25). The third kappa shape index (κ3) is 3.85. The molecule has 9 heteroatoms. The van der Waals surface area contributed by atoms with Gasteiger partial charge in [-0.3, -0.25) is 19.1 Å². The van der Waals surface area contributed by atoms with Crippen LogP contribution in [-0.4, -0.2) is 31.2 Å². The van der Waals surface area contributed by atoms with Crippen LogP contribution < -0.4 is 10.9 Å². The Morgan fingerprint density at radius 2 is 2.21 bits per heavy atom. The van der Waals surface area contributed by atoms with Crippen LogP contribution in [0.5, 0.6) is 0 Å². The summed E-state index contributed by atoms with van der Waals surface area (Å²) in [5.41, 5.74) is 2.49. The van der Waals surface area contributed by atoms with Crippen LogP contribution in [0.4, 0.5) is 0 Å². The van der Waals surface area contributed by atoms with E-state index in [4.69, 9.17) is 0 Å². The van der Waals surface area contributed by atoms with Crippen molar-refractivity contribution >= 4 is 29.0 Å². The first-order valence-electron chi connectivity index (χ1n) is 8.87. The number of carbonyl (C=O) groups is 1. The number of hydrogen-bond donors (Lipinski definition) is 1. The summed E-state index contributed by atoms with van der Waals surface area (Å²) in [5, 5.41) is 4.55. The molecule has 0 fully saturated rings. The molecule has 3 aromatic heterocycles. The molecule has 0 saturated carbocycles. The van der Waals surface area contributed by atoms with Gasteiger partial charge in [-0.1, -0.05) is 11.8 Å². The smallest absolute Gasteiger partial charge is 0.254 e. The molecule has 4 heterocycles. The molecule has 144 valence electrons. The Bertz CT molecular complexity index is 1080. The lowest BCUT2D eigenvalue weighted by molar-refractivity contribution is -0.121. The molecule has 1 aliphatic rings. The van der Waals surface area contributed by atoms with E-state index in [-0.39, 0.29) is 23.9 Å². The van der Waals surface area contributed by atoms with Crippen molar-refractivity contribution in [2.24, 2.45) is 0 Å². The van der Waals surface area contributed by atoms with E-state index in [1.54, 1.807) is 35.2 Å². The quantitative estimate of drug-likeness (QED) is 0.647. The maximum atomic E-state index is 12.5. The summed E-state index contributed by atoms with van der Waals surface area (Å²) < 4.78 is 1.63. The highest BCUT2D eigenvalue weighted by atomic mass is 32.2. The Labute approximate surface area is 170 Å². The maximum absolute atomic E-state index is 12.5. The van der Waals surface area contributed by atoms with Gasteiger partial charge in [0.05, 0.1) is 18.3 Å². The molecule has 1 amide bonds. The zero-order valence-corrected chi connectivity index (χ0v) is 17.1. The molecular formula is C19H19N5O2S2. The number of pyridine rings is 1. The molecule has 0 aromatic carbocycles. The monoisotopic (exact) mass is 413 g/mol. The maximum Gasteiger partial charge on any atom is 0.254 e. The van der Waals surface area contributed by atoms with Crippen LogP contribution in [0.25, 0.3) is 10.6 Å². The van der Waals surface area contributed by atoms with Gasteiger partial charge in [0.25, 0.3) is 5.56 Å². The molecular weight excluding hydrogens is 394 g/mol. The number of thiazole rings is 1. The normalized spacial score (nSPS) is 15.4. The molecule has 0 spiro atoms. The predicted octanol–water partition coefficient (Wildman–Crippen LogP) is 2.73. The van der Waals surface area contributed by atoms with Gasteiger partial charge in [0, 0.05) is 46.8 Å². The van der Waals surface area contributed by atoms with Gasteiger partial charge in [-0.25, -0.2) is 9.97 Å². The fourth-order valence-electron chi connectivity index (χ4n) is 3.08. The van der Waals surface area contributed by atoms with Crippen LogP contribution in [0, 0.1) is 13.8 Å². The van der Waals surface area contributed by atoms with Gasteiger partial charge in [0.1, 0.15) is 5.01 Å². The molecule has 0 radical (unpaired) electrons. The molecule has 4 rings (SSSR count). The molecule has 0 bridgehead atoms. The first-order chi connectivity index (χ1) is 13.5. The van der Waals surface area contributed by atoms with Crippen molar-refractivity contribution in [2.45, 2.75) is 38.0 Å². The van der Waals surface area contributed by atoms with Crippen LogP contribution in [0.15, 0.2) is 40.5 Å². The first kappa shape index (κ1) is 18.8. The number of aryl methyl sites for hydroxylation is 2. The minimum absolute atomic E-state index is 0.0818. The van der Waals surface area contributed by atoms with E-state index in [9.17, 15) is 9.59 Å². The summed E-state index contributed by atoms with van der Waals surface area (Å²) in [7, 11) is 0. The third-order valence-corrected chi connectivity index (χ3v) is 6.79. The lowest BCUT2D eigenvalue weighted by Crippen LogP contribution is -2.30. The number of hydrogen-bond acceptors (Lipinski definition) is 7.